The minimum Gasteiger partial charge on any atom is -0.455 e. The van der Waals surface area contributed by atoms with Gasteiger partial charge >= 0.3 is 0 Å². The number of rotatable bonds is 2. The molecule has 0 fully saturated rings. The molecule has 0 saturated carbocycles. The summed E-state index contributed by atoms with van der Waals surface area (Å²) in [6.45, 7) is 0. The predicted molar refractivity (Wildman–Crippen MR) is 78.1 cm³/mol. The van der Waals surface area contributed by atoms with Crippen LogP contribution < -0.4 is 4.74 Å². The van der Waals surface area contributed by atoms with E-state index in [1.807, 2.05) is 24.3 Å². The minimum atomic E-state index is 0.406. The first-order chi connectivity index (χ1) is 8.60. The molecule has 0 bridgehead atoms. The van der Waals surface area contributed by atoms with Crippen molar-refractivity contribution in [2.45, 2.75) is 0 Å². The van der Waals surface area contributed by atoms with Gasteiger partial charge in [0, 0.05) is 4.47 Å². The molecule has 0 radical (unpaired) electrons. The maximum Gasteiger partial charge on any atom is 0.146 e. The van der Waals surface area contributed by atoms with E-state index in [2.05, 4.69) is 31.9 Å². The third-order valence-electron chi connectivity index (χ3n) is 2.17. The van der Waals surface area contributed by atoms with Gasteiger partial charge in [-0.3, -0.25) is 0 Å². The summed E-state index contributed by atoms with van der Waals surface area (Å²) in [4.78, 5) is 0. The fourth-order valence-electron chi connectivity index (χ4n) is 1.33. The molecule has 5 heteroatoms. The third kappa shape index (κ3) is 3.05. The van der Waals surface area contributed by atoms with Crippen molar-refractivity contribution in [3.8, 4) is 17.6 Å². The smallest absolute Gasteiger partial charge is 0.146 e. The van der Waals surface area contributed by atoms with Gasteiger partial charge in [0.2, 0.25) is 0 Å². The van der Waals surface area contributed by atoms with E-state index < -0.39 is 0 Å². The van der Waals surface area contributed by atoms with E-state index in [0.717, 1.165) is 8.95 Å². The van der Waals surface area contributed by atoms with E-state index in [0.29, 0.717) is 22.1 Å². The lowest BCUT2D eigenvalue weighted by Gasteiger charge is -2.09. The zero-order valence-corrected chi connectivity index (χ0v) is 12.9. The summed E-state index contributed by atoms with van der Waals surface area (Å²) in [7, 11) is 0. The van der Waals surface area contributed by atoms with E-state index in [1.54, 1.807) is 18.2 Å². The van der Waals surface area contributed by atoms with E-state index in [1.165, 1.54) is 0 Å². The standard InChI is InChI=1S/C13H6Br2ClNO/c14-9-2-4-12(10(15)6-9)18-13-3-1-8(7-17)5-11(13)16/h1-6H. The minimum absolute atomic E-state index is 0.406. The number of nitrogens with zero attached hydrogens (tertiary/aromatic N) is 1. The molecule has 0 amide bonds. The molecule has 18 heavy (non-hydrogen) atoms. The molecular weight excluding hydrogens is 381 g/mol. The first kappa shape index (κ1) is 13.4. The Morgan fingerprint density at radius 2 is 1.78 bits per heavy atom. The topological polar surface area (TPSA) is 33.0 Å². The highest BCUT2D eigenvalue weighted by atomic mass is 79.9. The van der Waals surface area contributed by atoms with Gasteiger partial charge in [-0.25, -0.2) is 0 Å². The second-order valence-corrected chi connectivity index (χ2v) is 5.61. The molecule has 2 rings (SSSR count). The van der Waals surface area contributed by atoms with E-state index in [9.17, 15) is 0 Å². The summed E-state index contributed by atoms with van der Waals surface area (Å²) in [5, 5.41) is 9.16. The molecule has 0 unspecified atom stereocenters. The monoisotopic (exact) mass is 385 g/mol. The Balaban J connectivity index is 2.32. The van der Waals surface area contributed by atoms with E-state index in [4.69, 9.17) is 21.6 Å². The molecule has 0 atom stereocenters. The molecule has 0 aliphatic carbocycles. The van der Waals surface area contributed by atoms with Crippen molar-refractivity contribution >= 4 is 43.5 Å². The second kappa shape index (κ2) is 5.75. The molecule has 0 aromatic heterocycles. The van der Waals surface area contributed by atoms with Crippen LogP contribution in [0.25, 0.3) is 0 Å². The van der Waals surface area contributed by atoms with Gasteiger partial charge in [-0.2, -0.15) is 5.26 Å². The lowest BCUT2D eigenvalue weighted by Crippen LogP contribution is -1.87. The van der Waals surface area contributed by atoms with Crippen LogP contribution in [-0.2, 0) is 0 Å². The van der Waals surface area contributed by atoms with Crippen LogP contribution in [0.15, 0.2) is 45.3 Å². The predicted octanol–water partition coefficient (Wildman–Crippen LogP) is 5.53. The van der Waals surface area contributed by atoms with Crippen LogP contribution in [-0.4, -0.2) is 0 Å². The molecule has 0 spiro atoms. The molecular formula is C13H6Br2ClNO. The van der Waals surface area contributed by atoms with Crippen molar-refractivity contribution in [1.82, 2.24) is 0 Å². The first-order valence-electron chi connectivity index (χ1n) is 4.92. The van der Waals surface area contributed by atoms with Crippen LogP contribution in [0, 0.1) is 11.3 Å². The molecule has 0 aliphatic rings. The summed E-state index contributed by atoms with van der Waals surface area (Å²) in [5.74, 6) is 1.17. The number of nitriles is 1. The Bertz CT molecular complexity index is 637. The maximum absolute atomic E-state index is 8.76. The number of ether oxygens (including phenoxy) is 1. The fourth-order valence-corrected chi connectivity index (χ4v) is 2.68. The van der Waals surface area contributed by atoms with Gasteiger partial charge in [0.25, 0.3) is 0 Å². The average Bonchev–Trinajstić information content (AvgIpc) is 2.34. The summed E-state index contributed by atoms with van der Waals surface area (Å²) in [5.41, 5.74) is 0.502. The number of benzene rings is 2. The van der Waals surface area contributed by atoms with Crippen molar-refractivity contribution in [2.75, 3.05) is 0 Å². The summed E-state index contributed by atoms with van der Waals surface area (Å²) in [6.07, 6.45) is 0. The summed E-state index contributed by atoms with van der Waals surface area (Å²) >= 11 is 12.8. The van der Waals surface area contributed by atoms with Crippen molar-refractivity contribution < 1.29 is 4.74 Å². The summed E-state index contributed by atoms with van der Waals surface area (Å²) < 4.78 is 7.45. The van der Waals surface area contributed by atoms with Gasteiger partial charge in [0.1, 0.15) is 11.5 Å². The molecule has 0 aliphatic heterocycles. The maximum atomic E-state index is 8.76. The van der Waals surface area contributed by atoms with Gasteiger partial charge in [0.05, 0.1) is 21.1 Å². The zero-order valence-electron chi connectivity index (χ0n) is 8.95. The number of hydrogen-bond donors (Lipinski definition) is 0. The van der Waals surface area contributed by atoms with Crippen LogP contribution in [0.5, 0.6) is 11.5 Å². The van der Waals surface area contributed by atoms with E-state index >= 15 is 0 Å². The van der Waals surface area contributed by atoms with E-state index in [-0.39, 0.29) is 0 Å². The number of halogens is 3. The van der Waals surface area contributed by atoms with Crippen molar-refractivity contribution in [1.29, 1.82) is 5.26 Å². The van der Waals surface area contributed by atoms with Crippen LogP contribution in [0.3, 0.4) is 0 Å². The highest BCUT2D eigenvalue weighted by molar-refractivity contribution is 9.11. The van der Waals surface area contributed by atoms with Gasteiger partial charge < -0.3 is 4.74 Å². The van der Waals surface area contributed by atoms with Gasteiger partial charge in [-0.05, 0) is 52.3 Å². The molecule has 0 N–H and O–H groups in total. The quantitative estimate of drug-likeness (QED) is 0.679. The zero-order chi connectivity index (χ0) is 13.1. The molecule has 2 nitrogen and oxygen atoms in total. The Morgan fingerprint density at radius 1 is 1.06 bits per heavy atom. The molecule has 2 aromatic carbocycles. The lowest BCUT2D eigenvalue weighted by molar-refractivity contribution is 0.479. The third-order valence-corrected chi connectivity index (χ3v) is 3.58. The van der Waals surface area contributed by atoms with Crippen molar-refractivity contribution in [2.24, 2.45) is 0 Å². The SMILES string of the molecule is N#Cc1ccc(Oc2ccc(Br)cc2Br)c(Cl)c1. The van der Waals surface area contributed by atoms with Crippen molar-refractivity contribution in [3.63, 3.8) is 0 Å². The van der Waals surface area contributed by atoms with Crippen LogP contribution in [0.2, 0.25) is 5.02 Å². The average molecular weight is 387 g/mol. The molecule has 0 saturated heterocycles. The second-order valence-electron chi connectivity index (χ2n) is 3.43. The molecule has 0 heterocycles. The van der Waals surface area contributed by atoms with Crippen LogP contribution in [0.1, 0.15) is 5.56 Å². The highest BCUT2D eigenvalue weighted by Gasteiger charge is 2.07. The van der Waals surface area contributed by atoms with Crippen molar-refractivity contribution in [3.05, 3.63) is 55.9 Å². The normalized spacial score (nSPS) is 9.89. The molecule has 2 aromatic rings. The fraction of sp³-hybridized carbons (Fsp3) is 0. The molecule has 90 valence electrons. The Kier molecular flexibility index (Phi) is 4.28. The van der Waals surface area contributed by atoms with Crippen LogP contribution in [0.4, 0.5) is 0 Å². The van der Waals surface area contributed by atoms with Gasteiger partial charge in [-0.1, -0.05) is 27.5 Å². The highest BCUT2D eigenvalue weighted by Crippen LogP contribution is 2.35. The van der Waals surface area contributed by atoms with Gasteiger partial charge in [0.15, 0.2) is 0 Å². The Hall–Kier alpha value is -1.02. The first-order valence-corrected chi connectivity index (χ1v) is 6.89. The Labute approximate surface area is 126 Å². The summed E-state index contributed by atoms with van der Waals surface area (Å²) in [6, 6.07) is 12.5. The van der Waals surface area contributed by atoms with Crippen LogP contribution >= 0.6 is 43.5 Å². The largest absolute Gasteiger partial charge is 0.455 e. The lowest BCUT2D eigenvalue weighted by atomic mass is 10.2. The number of hydrogen-bond acceptors (Lipinski definition) is 2. The van der Waals surface area contributed by atoms with Gasteiger partial charge in [-0.15, -0.1) is 0 Å². The Morgan fingerprint density at radius 3 is 2.39 bits per heavy atom.